The highest BCUT2D eigenvalue weighted by atomic mass is 32.2. The van der Waals surface area contributed by atoms with E-state index in [2.05, 4.69) is 13.8 Å². The number of piperazine rings is 1. The molecule has 152 valence electrons. The first-order valence-corrected chi connectivity index (χ1v) is 11.7. The smallest absolute Gasteiger partial charge is 0.260 e. The molecule has 1 saturated heterocycles. The molecule has 1 aliphatic heterocycles. The summed E-state index contributed by atoms with van der Waals surface area (Å²) >= 11 is 1.21. The lowest BCUT2D eigenvalue weighted by Crippen LogP contribution is -2.51. The zero-order valence-corrected chi connectivity index (χ0v) is 18.1. The van der Waals surface area contributed by atoms with Crippen molar-refractivity contribution in [3.63, 3.8) is 0 Å². The van der Waals surface area contributed by atoms with Crippen molar-refractivity contribution >= 4 is 27.3 Å². The zero-order valence-electron chi connectivity index (χ0n) is 16.4. The largest absolute Gasteiger partial charge is 0.483 e. The van der Waals surface area contributed by atoms with Gasteiger partial charge in [-0.3, -0.25) is 4.79 Å². The van der Waals surface area contributed by atoms with E-state index in [9.17, 15) is 13.2 Å². The van der Waals surface area contributed by atoms with Crippen LogP contribution in [0.15, 0.2) is 39.9 Å². The molecule has 0 bridgehead atoms. The van der Waals surface area contributed by atoms with Crippen LogP contribution < -0.4 is 4.74 Å². The zero-order chi connectivity index (χ0) is 20.3. The van der Waals surface area contributed by atoms with Crippen LogP contribution in [0.1, 0.15) is 30.9 Å². The minimum absolute atomic E-state index is 0.0408. The molecule has 0 saturated carbocycles. The molecule has 0 aliphatic carbocycles. The second-order valence-electron chi connectivity index (χ2n) is 7.20. The first-order valence-electron chi connectivity index (χ1n) is 9.34. The highest BCUT2D eigenvalue weighted by molar-refractivity contribution is 7.91. The molecular weight excluding hydrogens is 396 g/mol. The molecule has 1 aliphatic rings. The van der Waals surface area contributed by atoms with Crippen LogP contribution in [-0.2, 0) is 14.8 Å². The minimum atomic E-state index is -3.46. The number of sulfonamides is 1. The second kappa shape index (κ2) is 8.63. The van der Waals surface area contributed by atoms with Crippen molar-refractivity contribution in [2.45, 2.75) is 30.9 Å². The molecule has 0 N–H and O–H groups in total. The molecule has 8 heteroatoms. The van der Waals surface area contributed by atoms with Crippen molar-refractivity contribution in [3.8, 4) is 5.75 Å². The summed E-state index contributed by atoms with van der Waals surface area (Å²) in [6.45, 7) is 7.47. The van der Waals surface area contributed by atoms with E-state index in [1.54, 1.807) is 22.4 Å². The van der Waals surface area contributed by atoms with Gasteiger partial charge in [-0.25, -0.2) is 8.42 Å². The van der Waals surface area contributed by atoms with Crippen LogP contribution in [0.3, 0.4) is 0 Å². The van der Waals surface area contributed by atoms with Crippen molar-refractivity contribution in [3.05, 3.63) is 46.8 Å². The van der Waals surface area contributed by atoms with Gasteiger partial charge in [0.25, 0.3) is 15.9 Å². The normalized spacial score (nSPS) is 15.8. The molecule has 2 aromatic rings. The molecule has 0 radical (unpaired) electrons. The lowest BCUT2D eigenvalue weighted by Gasteiger charge is -2.33. The average molecular weight is 423 g/mol. The summed E-state index contributed by atoms with van der Waals surface area (Å²) in [5.74, 6) is 0.920. The van der Waals surface area contributed by atoms with Crippen molar-refractivity contribution in [2.75, 3.05) is 32.8 Å². The van der Waals surface area contributed by atoms with Gasteiger partial charge >= 0.3 is 0 Å². The third kappa shape index (κ3) is 4.56. The van der Waals surface area contributed by atoms with Gasteiger partial charge in [0, 0.05) is 26.2 Å². The second-order valence-corrected chi connectivity index (χ2v) is 10.3. The van der Waals surface area contributed by atoms with E-state index >= 15 is 0 Å². The lowest BCUT2D eigenvalue weighted by atomic mass is 10.0. The molecule has 1 fully saturated rings. The summed E-state index contributed by atoms with van der Waals surface area (Å²) < 4.78 is 32.8. The van der Waals surface area contributed by atoms with E-state index in [1.807, 2.05) is 25.1 Å². The first kappa shape index (κ1) is 20.8. The van der Waals surface area contributed by atoms with Gasteiger partial charge < -0.3 is 9.64 Å². The van der Waals surface area contributed by atoms with Crippen LogP contribution in [0.4, 0.5) is 0 Å². The molecular formula is C20H26N2O4S2. The van der Waals surface area contributed by atoms with Gasteiger partial charge in [-0.05, 0) is 41.5 Å². The van der Waals surface area contributed by atoms with Gasteiger partial charge in [0.1, 0.15) is 9.96 Å². The minimum Gasteiger partial charge on any atom is -0.483 e. The van der Waals surface area contributed by atoms with Crippen molar-refractivity contribution in [1.82, 2.24) is 9.21 Å². The maximum atomic E-state index is 12.6. The number of amides is 1. The lowest BCUT2D eigenvalue weighted by molar-refractivity contribution is -0.134. The fourth-order valence-electron chi connectivity index (χ4n) is 3.19. The SMILES string of the molecule is Cc1ccc(C(C)C)c(OCC(=O)N2CCN(S(=O)(=O)c3cccs3)CC2)c1. The quantitative estimate of drug-likeness (QED) is 0.718. The van der Waals surface area contributed by atoms with Crippen molar-refractivity contribution < 1.29 is 17.9 Å². The Kier molecular flexibility index (Phi) is 6.42. The fourth-order valence-corrected chi connectivity index (χ4v) is 5.76. The number of thiophene rings is 1. The first-order chi connectivity index (χ1) is 13.3. The summed E-state index contributed by atoms with van der Waals surface area (Å²) in [5.41, 5.74) is 2.16. The highest BCUT2D eigenvalue weighted by Crippen LogP contribution is 2.27. The van der Waals surface area contributed by atoms with Gasteiger partial charge in [-0.1, -0.05) is 32.0 Å². The van der Waals surface area contributed by atoms with E-state index in [1.165, 1.54) is 15.6 Å². The van der Waals surface area contributed by atoms with Crippen molar-refractivity contribution in [2.24, 2.45) is 0 Å². The van der Waals surface area contributed by atoms with Gasteiger partial charge in [-0.15, -0.1) is 11.3 Å². The number of carbonyl (C=O) groups is 1. The molecule has 2 heterocycles. The van der Waals surface area contributed by atoms with Gasteiger partial charge in [0.15, 0.2) is 6.61 Å². The monoisotopic (exact) mass is 422 g/mol. The fraction of sp³-hybridized carbons (Fsp3) is 0.450. The number of rotatable bonds is 6. The Hall–Kier alpha value is -1.90. The van der Waals surface area contributed by atoms with Crippen LogP contribution in [0.25, 0.3) is 0 Å². The number of hydrogen-bond donors (Lipinski definition) is 0. The van der Waals surface area contributed by atoms with Crippen LogP contribution in [0.2, 0.25) is 0 Å². The number of benzene rings is 1. The molecule has 1 amide bonds. The van der Waals surface area contributed by atoms with Gasteiger partial charge in [0.05, 0.1) is 0 Å². The summed E-state index contributed by atoms with van der Waals surface area (Å²) in [4.78, 5) is 14.2. The molecule has 0 unspecified atom stereocenters. The Balaban J connectivity index is 1.57. The maximum absolute atomic E-state index is 12.6. The maximum Gasteiger partial charge on any atom is 0.260 e. The Bertz CT molecular complexity index is 916. The van der Waals surface area contributed by atoms with Crippen molar-refractivity contribution in [1.29, 1.82) is 0 Å². The third-order valence-corrected chi connectivity index (χ3v) is 8.09. The summed E-state index contributed by atoms with van der Waals surface area (Å²) in [6.07, 6.45) is 0. The molecule has 1 aromatic carbocycles. The van der Waals surface area contributed by atoms with E-state index in [4.69, 9.17) is 4.74 Å². The molecule has 6 nitrogen and oxygen atoms in total. The molecule has 3 rings (SSSR count). The van der Waals surface area contributed by atoms with Crippen LogP contribution in [0, 0.1) is 6.92 Å². The number of hydrogen-bond acceptors (Lipinski definition) is 5. The van der Waals surface area contributed by atoms with E-state index in [0.717, 1.165) is 16.9 Å². The van der Waals surface area contributed by atoms with Crippen LogP contribution >= 0.6 is 11.3 Å². The van der Waals surface area contributed by atoms with E-state index in [-0.39, 0.29) is 12.5 Å². The summed E-state index contributed by atoms with van der Waals surface area (Å²) in [6, 6.07) is 9.37. The standard InChI is InChI=1S/C20H26N2O4S2/c1-15(2)17-7-6-16(3)13-18(17)26-14-19(23)21-8-10-22(11-9-21)28(24,25)20-5-4-12-27-20/h4-7,12-13,15H,8-11,14H2,1-3H3. The average Bonchev–Trinajstić information content (AvgIpc) is 3.21. The van der Waals surface area contributed by atoms with Crippen LogP contribution in [-0.4, -0.2) is 56.3 Å². The Morgan fingerprint density at radius 3 is 2.50 bits per heavy atom. The third-order valence-electron chi connectivity index (χ3n) is 4.82. The molecule has 1 aromatic heterocycles. The number of aryl methyl sites for hydroxylation is 1. The Labute approximate surface area is 170 Å². The predicted molar refractivity (Wildman–Crippen MR) is 110 cm³/mol. The number of carbonyl (C=O) groups excluding carboxylic acids is 1. The predicted octanol–water partition coefficient (Wildman–Crippen LogP) is 3.09. The summed E-state index contributed by atoms with van der Waals surface area (Å²) in [7, 11) is -3.46. The number of ether oxygens (including phenoxy) is 1. The molecule has 0 atom stereocenters. The van der Waals surface area contributed by atoms with Crippen LogP contribution in [0.5, 0.6) is 5.75 Å². The molecule has 28 heavy (non-hydrogen) atoms. The molecule has 0 spiro atoms. The van der Waals surface area contributed by atoms with Gasteiger partial charge in [-0.2, -0.15) is 4.31 Å². The van der Waals surface area contributed by atoms with E-state index in [0.29, 0.717) is 36.3 Å². The van der Waals surface area contributed by atoms with E-state index < -0.39 is 10.0 Å². The van der Waals surface area contributed by atoms with Gasteiger partial charge in [0.2, 0.25) is 0 Å². The Morgan fingerprint density at radius 1 is 1.18 bits per heavy atom. The number of nitrogens with zero attached hydrogens (tertiary/aromatic N) is 2. The highest BCUT2D eigenvalue weighted by Gasteiger charge is 2.30. The summed E-state index contributed by atoms with van der Waals surface area (Å²) in [5, 5.41) is 1.75. The topological polar surface area (TPSA) is 66.9 Å². The Morgan fingerprint density at radius 2 is 1.89 bits per heavy atom.